The van der Waals surface area contributed by atoms with E-state index in [-0.39, 0.29) is 61.4 Å². The van der Waals surface area contributed by atoms with Gasteiger partial charge in [0.25, 0.3) is 11.8 Å². The van der Waals surface area contributed by atoms with Crippen LogP contribution in [0.25, 0.3) is 11.0 Å². The SMILES string of the molecule is O=C1CCN(N2Cc3cc(CN4CCN(Cc5ccc6c(c5)nc(NC(=O)c5cccc(C(F)(F)F)c5)n6C5CCC(CO)CC5)CC4)ccc3C2=O)C(=O)N1. The van der Waals surface area contributed by atoms with Gasteiger partial charge in [0.15, 0.2) is 0 Å². The van der Waals surface area contributed by atoms with Gasteiger partial charge in [-0.05, 0) is 84.7 Å². The highest BCUT2D eigenvalue weighted by atomic mass is 19.4. The maximum atomic E-state index is 13.4. The molecule has 1 aliphatic carbocycles. The van der Waals surface area contributed by atoms with Crippen molar-refractivity contribution in [3.8, 4) is 0 Å². The van der Waals surface area contributed by atoms with Crippen molar-refractivity contribution in [2.75, 3.05) is 44.6 Å². The molecular weight excluding hydrogens is 729 g/mol. The summed E-state index contributed by atoms with van der Waals surface area (Å²) in [5, 5.41) is 17.5. The molecule has 3 N–H and O–H groups in total. The number of hydrogen-bond donors (Lipinski definition) is 3. The molecule has 3 fully saturated rings. The van der Waals surface area contributed by atoms with Crippen molar-refractivity contribution in [3.63, 3.8) is 0 Å². The minimum Gasteiger partial charge on any atom is -0.396 e. The topological polar surface area (TPSA) is 143 Å². The van der Waals surface area contributed by atoms with Gasteiger partial charge >= 0.3 is 12.2 Å². The van der Waals surface area contributed by atoms with Crippen LogP contribution in [0.4, 0.5) is 23.9 Å². The van der Waals surface area contributed by atoms with Crippen molar-refractivity contribution in [1.29, 1.82) is 0 Å². The fraction of sp³-hybridized carbons (Fsp3) is 0.425. The van der Waals surface area contributed by atoms with E-state index in [0.717, 1.165) is 86.2 Å². The lowest BCUT2D eigenvalue weighted by Crippen LogP contribution is -2.56. The number of fused-ring (bicyclic) bond motifs is 2. The number of carbonyl (C=O) groups is 4. The third-order valence-electron chi connectivity index (χ3n) is 11.4. The molecular formula is C40H43F3N8O5. The third-order valence-corrected chi connectivity index (χ3v) is 11.4. The number of rotatable bonds is 9. The molecule has 0 atom stereocenters. The van der Waals surface area contributed by atoms with Gasteiger partial charge in [0.2, 0.25) is 11.9 Å². The van der Waals surface area contributed by atoms with Crippen LogP contribution in [0.5, 0.6) is 0 Å². The van der Waals surface area contributed by atoms with Crippen LogP contribution in [0.1, 0.15) is 81.1 Å². The quantitative estimate of drug-likeness (QED) is 0.212. The van der Waals surface area contributed by atoms with Gasteiger partial charge in [-0.2, -0.15) is 13.2 Å². The first-order chi connectivity index (χ1) is 26.9. The Morgan fingerprint density at radius 1 is 0.857 bits per heavy atom. The molecule has 1 saturated carbocycles. The monoisotopic (exact) mass is 772 g/mol. The van der Waals surface area contributed by atoms with E-state index in [9.17, 15) is 37.5 Å². The van der Waals surface area contributed by atoms with E-state index < -0.39 is 23.7 Å². The second kappa shape index (κ2) is 15.3. The number of aromatic nitrogens is 2. The highest BCUT2D eigenvalue weighted by Gasteiger charge is 2.37. The molecule has 4 heterocycles. The van der Waals surface area contributed by atoms with E-state index in [0.29, 0.717) is 24.2 Å². The fourth-order valence-electron chi connectivity index (χ4n) is 8.36. The molecule has 0 bridgehead atoms. The molecule has 13 nitrogen and oxygen atoms in total. The first-order valence-corrected chi connectivity index (χ1v) is 19.0. The number of imide groups is 1. The van der Waals surface area contributed by atoms with Gasteiger partial charge in [0, 0.05) is 69.5 Å². The van der Waals surface area contributed by atoms with Crippen molar-refractivity contribution in [3.05, 3.63) is 94.0 Å². The van der Waals surface area contributed by atoms with Crippen LogP contribution in [0.15, 0.2) is 60.7 Å². The Balaban J connectivity index is 0.920. The fourth-order valence-corrected chi connectivity index (χ4v) is 8.36. The van der Waals surface area contributed by atoms with Gasteiger partial charge in [0.05, 0.1) is 29.7 Å². The van der Waals surface area contributed by atoms with Gasteiger partial charge in [-0.25, -0.2) is 19.8 Å². The zero-order chi connectivity index (χ0) is 39.1. The van der Waals surface area contributed by atoms with E-state index >= 15 is 0 Å². The average molecular weight is 773 g/mol. The molecule has 4 aromatic rings. The number of aliphatic hydroxyl groups excluding tert-OH is 1. The van der Waals surface area contributed by atoms with E-state index in [1.807, 2.05) is 34.9 Å². The molecule has 3 aromatic carbocycles. The molecule has 56 heavy (non-hydrogen) atoms. The number of carbonyl (C=O) groups excluding carboxylic acids is 4. The standard InChI is InChI=1S/C40H43F3N8O5/c41-40(42,43)30-3-1-2-28(20-30)36(54)46-38-44-33-19-27(7-11-34(33)51(38)31-8-4-25(24-52)5-9-31)22-48-16-14-47(15-17-48)21-26-6-10-32-29(18-26)23-50(37(32)55)49-13-12-35(53)45-39(49)56/h1-3,6-7,10-11,18-20,25,31,52H,4-5,8-9,12-17,21-24H2,(H,44,46,54)(H,45,53,56). The predicted octanol–water partition coefficient (Wildman–Crippen LogP) is 5.16. The smallest absolute Gasteiger partial charge is 0.396 e. The maximum absolute atomic E-state index is 13.4. The molecule has 4 aliphatic rings. The Morgan fingerprint density at radius 3 is 2.23 bits per heavy atom. The van der Waals surface area contributed by atoms with E-state index in [1.165, 1.54) is 22.2 Å². The number of hydrogen-bond acceptors (Lipinski definition) is 8. The molecule has 16 heteroatoms. The first kappa shape index (κ1) is 37.6. The third kappa shape index (κ3) is 7.73. The van der Waals surface area contributed by atoms with Crippen molar-refractivity contribution in [1.82, 2.24) is 34.7 Å². The number of benzene rings is 3. The number of anilines is 1. The molecule has 0 radical (unpaired) electrons. The average Bonchev–Trinajstić information content (AvgIpc) is 3.71. The van der Waals surface area contributed by atoms with Crippen LogP contribution in [-0.2, 0) is 30.6 Å². The molecule has 0 spiro atoms. The van der Waals surface area contributed by atoms with E-state index in [1.54, 1.807) is 0 Å². The number of nitrogens with one attached hydrogen (secondary N) is 2. The highest BCUT2D eigenvalue weighted by molar-refractivity contribution is 6.04. The molecule has 8 rings (SSSR count). The molecule has 2 saturated heterocycles. The van der Waals surface area contributed by atoms with Gasteiger partial charge in [0.1, 0.15) is 0 Å². The summed E-state index contributed by atoms with van der Waals surface area (Å²) < 4.78 is 42.2. The highest BCUT2D eigenvalue weighted by Crippen LogP contribution is 2.37. The Hall–Kier alpha value is -5.32. The van der Waals surface area contributed by atoms with Gasteiger partial charge < -0.3 is 9.67 Å². The second-order valence-corrected chi connectivity index (χ2v) is 15.2. The molecule has 0 unspecified atom stereocenters. The van der Waals surface area contributed by atoms with Crippen LogP contribution in [0, 0.1) is 5.92 Å². The number of hydrazine groups is 1. The van der Waals surface area contributed by atoms with Crippen LogP contribution in [0.3, 0.4) is 0 Å². The summed E-state index contributed by atoms with van der Waals surface area (Å²) in [6, 6.07) is 15.6. The summed E-state index contributed by atoms with van der Waals surface area (Å²) >= 11 is 0. The summed E-state index contributed by atoms with van der Waals surface area (Å²) in [4.78, 5) is 59.9. The van der Waals surface area contributed by atoms with Crippen LogP contribution >= 0.6 is 0 Å². The minimum absolute atomic E-state index is 0.00625. The normalized spacial score (nSPS) is 21.1. The van der Waals surface area contributed by atoms with Gasteiger partial charge in [-0.3, -0.25) is 34.8 Å². The Kier molecular flexibility index (Phi) is 10.3. The minimum atomic E-state index is -4.58. The number of halogens is 3. The lowest BCUT2D eigenvalue weighted by Gasteiger charge is -2.34. The van der Waals surface area contributed by atoms with E-state index in [4.69, 9.17) is 4.98 Å². The van der Waals surface area contributed by atoms with Crippen molar-refractivity contribution >= 4 is 40.7 Å². The second-order valence-electron chi connectivity index (χ2n) is 15.2. The molecule has 294 valence electrons. The van der Waals surface area contributed by atoms with Crippen molar-refractivity contribution in [2.24, 2.45) is 5.92 Å². The van der Waals surface area contributed by atoms with Gasteiger partial charge in [-0.1, -0.05) is 24.3 Å². The first-order valence-electron chi connectivity index (χ1n) is 19.0. The summed E-state index contributed by atoms with van der Waals surface area (Å²) in [5.74, 6) is -0.771. The summed E-state index contributed by atoms with van der Waals surface area (Å²) in [6.45, 7) is 5.30. The number of piperazine rings is 1. The zero-order valence-corrected chi connectivity index (χ0v) is 30.7. The van der Waals surface area contributed by atoms with Gasteiger partial charge in [-0.15, -0.1) is 0 Å². The van der Waals surface area contributed by atoms with Crippen LogP contribution < -0.4 is 10.6 Å². The van der Waals surface area contributed by atoms with Crippen LogP contribution in [0.2, 0.25) is 0 Å². The number of urea groups is 1. The Bertz CT molecular complexity index is 2170. The Labute approximate surface area is 321 Å². The predicted molar refractivity (Wildman–Crippen MR) is 199 cm³/mol. The summed E-state index contributed by atoms with van der Waals surface area (Å²) in [7, 11) is 0. The lowest BCUT2D eigenvalue weighted by molar-refractivity contribution is -0.137. The number of alkyl halides is 3. The lowest BCUT2D eigenvalue weighted by atomic mass is 9.86. The molecule has 5 amide bonds. The van der Waals surface area contributed by atoms with Crippen molar-refractivity contribution < 1.29 is 37.5 Å². The molecule has 1 aromatic heterocycles. The Morgan fingerprint density at radius 2 is 1.55 bits per heavy atom. The maximum Gasteiger partial charge on any atom is 0.416 e. The zero-order valence-electron chi connectivity index (χ0n) is 30.7. The number of imidazole rings is 1. The number of aliphatic hydroxyl groups is 1. The summed E-state index contributed by atoms with van der Waals surface area (Å²) in [5.41, 5.74) is 4.05. The van der Waals surface area contributed by atoms with Crippen LogP contribution in [-0.4, -0.2) is 97.6 Å². The van der Waals surface area contributed by atoms with Crippen molar-refractivity contribution in [2.45, 2.75) is 64.0 Å². The number of amides is 5. The van der Waals surface area contributed by atoms with E-state index in [2.05, 4.69) is 26.5 Å². The summed E-state index contributed by atoms with van der Waals surface area (Å²) in [6.07, 6.45) is -1.24. The largest absolute Gasteiger partial charge is 0.416 e. The number of nitrogens with zero attached hydrogens (tertiary/aromatic N) is 6. The molecule has 3 aliphatic heterocycles.